The van der Waals surface area contributed by atoms with E-state index in [-0.39, 0.29) is 11.3 Å². The van der Waals surface area contributed by atoms with E-state index in [0.29, 0.717) is 5.02 Å². The molecule has 30 heavy (non-hydrogen) atoms. The van der Waals surface area contributed by atoms with E-state index in [1.54, 1.807) is 6.07 Å². The summed E-state index contributed by atoms with van der Waals surface area (Å²) in [6.45, 7) is 4.37. The highest BCUT2D eigenvalue weighted by molar-refractivity contribution is 7.99. The lowest BCUT2D eigenvalue weighted by Crippen LogP contribution is -2.32. The summed E-state index contributed by atoms with van der Waals surface area (Å²) in [5.41, 5.74) is 6.70. The third-order valence-electron chi connectivity index (χ3n) is 5.30. The third-order valence-corrected chi connectivity index (χ3v) is 6.70. The van der Waals surface area contributed by atoms with Crippen molar-refractivity contribution in [1.29, 1.82) is 0 Å². The maximum atomic E-state index is 10.1. The number of aryl methyl sites for hydroxylation is 1. The zero-order valence-corrected chi connectivity index (χ0v) is 18.9. The van der Waals surface area contributed by atoms with Crippen LogP contribution in [0.2, 0.25) is 5.02 Å². The normalized spacial score (nSPS) is 14.6. The lowest BCUT2D eigenvalue weighted by Gasteiger charge is -2.34. The molecule has 0 bridgehead atoms. The number of anilines is 1. The van der Waals surface area contributed by atoms with Crippen molar-refractivity contribution in [3.63, 3.8) is 0 Å². The van der Waals surface area contributed by atoms with E-state index in [4.69, 9.17) is 11.6 Å². The number of thioether (sulfide) groups is 1. The van der Waals surface area contributed by atoms with Gasteiger partial charge in [-0.3, -0.25) is 0 Å². The number of hydrogen-bond donors (Lipinski definition) is 2. The summed E-state index contributed by atoms with van der Waals surface area (Å²) in [4.78, 5) is 0. The first-order valence-corrected chi connectivity index (χ1v) is 11.7. The standard InChI is InChI=1S/C26H26ClNOS/c1-26(2)16-19(17-30-15-14-18-8-4-3-5-9-18)20-10-6-12-22(25(20)28-26)21-11-7-13-23(29)24(21)27/h3-13,16,28-29H,14-15,17H2,1-2H3. The molecule has 3 aromatic carbocycles. The first kappa shape index (κ1) is 20.9. The zero-order chi connectivity index (χ0) is 21.1. The first-order chi connectivity index (χ1) is 14.4. The number of nitrogens with one attached hydrogen (secondary N) is 1. The van der Waals surface area contributed by atoms with Crippen molar-refractivity contribution >= 4 is 34.6 Å². The van der Waals surface area contributed by atoms with Crippen molar-refractivity contribution < 1.29 is 5.11 Å². The maximum Gasteiger partial charge on any atom is 0.134 e. The van der Waals surface area contributed by atoms with Crippen LogP contribution in [0.4, 0.5) is 5.69 Å². The van der Waals surface area contributed by atoms with E-state index in [1.807, 2.05) is 23.9 Å². The number of benzene rings is 3. The van der Waals surface area contributed by atoms with E-state index in [9.17, 15) is 5.11 Å². The molecule has 0 amide bonds. The Bertz CT molecular complexity index is 1080. The van der Waals surface area contributed by atoms with Crippen LogP contribution >= 0.6 is 23.4 Å². The van der Waals surface area contributed by atoms with Gasteiger partial charge < -0.3 is 10.4 Å². The molecule has 2 N–H and O–H groups in total. The highest BCUT2D eigenvalue weighted by atomic mass is 35.5. The number of phenols is 1. The summed E-state index contributed by atoms with van der Waals surface area (Å²) in [5, 5.41) is 14.1. The van der Waals surface area contributed by atoms with Gasteiger partial charge in [0.1, 0.15) is 5.75 Å². The second-order valence-corrected chi connectivity index (χ2v) is 9.65. The van der Waals surface area contributed by atoms with Gasteiger partial charge in [-0.25, -0.2) is 0 Å². The Morgan fingerprint density at radius 1 is 0.900 bits per heavy atom. The van der Waals surface area contributed by atoms with Gasteiger partial charge in [0.25, 0.3) is 0 Å². The topological polar surface area (TPSA) is 32.3 Å². The summed E-state index contributed by atoms with van der Waals surface area (Å²) in [7, 11) is 0. The molecule has 0 fully saturated rings. The molecule has 0 aromatic heterocycles. The first-order valence-electron chi connectivity index (χ1n) is 10.2. The number of halogens is 1. The SMILES string of the molecule is CC1(C)C=C(CSCCc2ccccc2)c2cccc(-c3cccc(O)c3Cl)c2N1. The van der Waals surface area contributed by atoms with Gasteiger partial charge in [0.2, 0.25) is 0 Å². The number of rotatable bonds is 6. The van der Waals surface area contributed by atoms with Crippen LogP contribution in [0.25, 0.3) is 16.7 Å². The van der Waals surface area contributed by atoms with Gasteiger partial charge in [0.05, 0.1) is 16.2 Å². The van der Waals surface area contributed by atoms with Gasteiger partial charge in [0, 0.05) is 22.4 Å². The van der Waals surface area contributed by atoms with E-state index >= 15 is 0 Å². The number of fused-ring (bicyclic) bond motifs is 1. The van der Waals surface area contributed by atoms with E-state index in [1.165, 1.54) is 16.7 Å². The molecule has 2 nitrogen and oxygen atoms in total. The molecule has 1 aliphatic heterocycles. The van der Waals surface area contributed by atoms with Crippen molar-refractivity contribution in [2.24, 2.45) is 0 Å². The van der Waals surface area contributed by atoms with E-state index in [0.717, 1.165) is 34.7 Å². The summed E-state index contributed by atoms with van der Waals surface area (Å²) in [6, 6.07) is 22.3. The predicted octanol–water partition coefficient (Wildman–Crippen LogP) is 7.28. The summed E-state index contributed by atoms with van der Waals surface area (Å²) in [5.74, 6) is 2.15. The Morgan fingerprint density at radius 3 is 2.40 bits per heavy atom. The molecule has 0 radical (unpaired) electrons. The highest BCUT2D eigenvalue weighted by Gasteiger charge is 2.27. The van der Waals surface area contributed by atoms with Crippen LogP contribution in [0.5, 0.6) is 5.75 Å². The van der Waals surface area contributed by atoms with E-state index in [2.05, 4.69) is 73.8 Å². The lowest BCUT2D eigenvalue weighted by atomic mass is 9.88. The number of aromatic hydroxyl groups is 1. The molecular weight excluding hydrogens is 410 g/mol. The minimum atomic E-state index is -0.165. The Balaban J connectivity index is 1.60. The van der Waals surface area contributed by atoms with Crippen molar-refractivity contribution in [1.82, 2.24) is 0 Å². The van der Waals surface area contributed by atoms with Gasteiger partial charge in [-0.1, -0.05) is 78.3 Å². The largest absolute Gasteiger partial charge is 0.506 e. The molecule has 154 valence electrons. The highest BCUT2D eigenvalue weighted by Crippen LogP contribution is 2.44. The Hall–Kier alpha value is -2.36. The van der Waals surface area contributed by atoms with Gasteiger partial charge >= 0.3 is 0 Å². The Labute approximate surface area is 188 Å². The minimum Gasteiger partial charge on any atom is -0.506 e. The fourth-order valence-corrected chi connectivity index (χ4v) is 5.13. The molecule has 3 aromatic rings. The van der Waals surface area contributed by atoms with Gasteiger partial charge in [-0.15, -0.1) is 0 Å². The molecule has 1 heterocycles. The lowest BCUT2D eigenvalue weighted by molar-refractivity contribution is 0.476. The zero-order valence-electron chi connectivity index (χ0n) is 17.3. The van der Waals surface area contributed by atoms with Crippen LogP contribution in [-0.2, 0) is 6.42 Å². The molecule has 0 saturated heterocycles. The molecule has 4 rings (SSSR count). The second kappa shape index (κ2) is 8.79. The van der Waals surface area contributed by atoms with E-state index < -0.39 is 0 Å². The third kappa shape index (κ3) is 4.53. The molecule has 0 atom stereocenters. The van der Waals surface area contributed by atoms with Crippen molar-refractivity contribution in [3.8, 4) is 16.9 Å². The average Bonchev–Trinajstić information content (AvgIpc) is 2.73. The minimum absolute atomic E-state index is 0.106. The fraction of sp³-hybridized carbons (Fsp3) is 0.231. The molecule has 1 aliphatic rings. The van der Waals surface area contributed by atoms with Crippen molar-refractivity contribution in [2.45, 2.75) is 25.8 Å². The van der Waals surface area contributed by atoms with Crippen LogP contribution in [0.1, 0.15) is 25.0 Å². The smallest absolute Gasteiger partial charge is 0.134 e. The fourth-order valence-electron chi connectivity index (χ4n) is 3.91. The van der Waals surface area contributed by atoms with Crippen LogP contribution in [0.15, 0.2) is 72.8 Å². The van der Waals surface area contributed by atoms with Crippen LogP contribution in [0.3, 0.4) is 0 Å². The predicted molar refractivity (Wildman–Crippen MR) is 132 cm³/mol. The molecule has 0 saturated carbocycles. The molecular formula is C26H26ClNOS. The average molecular weight is 436 g/mol. The van der Waals surface area contributed by atoms with Crippen LogP contribution < -0.4 is 5.32 Å². The quantitative estimate of drug-likeness (QED) is 0.399. The monoisotopic (exact) mass is 435 g/mol. The number of para-hydroxylation sites is 1. The Kier molecular flexibility index (Phi) is 6.12. The maximum absolute atomic E-state index is 10.1. The molecule has 4 heteroatoms. The second-order valence-electron chi connectivity index (χ2n) is 8.17. The van der Waals surface area contributed by atoms with Crippen molar-refractivity contribution in [3.05, 3.63) is 89.0 Å². The molecule has 0 aliphatic carbocycles. The summed E-state index contributed by atoms with van der Waals surface area (Å²) < 4.78 is 0. The van der Waals surface area contributed by atoms with Gasteiger partial charge in [-0.2, -0.15) is 11.8 Å². The van der Waals surface area contributed by atoms with Gasteiger partial charge in [-0.05, 0) is 43.2 Å². The summed E-state index contributed by atoms with van der Waals surface area (Å²) >= 11 is 8.41. The number of phenolic OH excluding ortho intramolecular Hbond substituents is 1. The number of hydrogen-bond acceptors (Lipinski definition) is 3. The molecule has 0 unspecified atom stereocenters. The summed E-state index contributed by atoms with van der Waals surface area (Å²) in [6.07, 6.45) is 3.41. The Morgan fingerprint density at radius 2 is 1.60 bits per heavy atom. The van der Waals surface area contributed by atoms with Crippen LogP contribution in [-0.4, -0.2) is 22.2 Å². The van der Waals surface area contributed by atoms with Gasteiger partial charge in [0.15, 0.2) is 0 Å². The van der Waals surface area contributed by atoms with Crippen LogP contribution in [0, 0.1) is 0 Å². The van der Waals surface area contributed by atoms with Crippen molar-refractivity contribution in [2.75, 3.05) is 16.8 Å². The molecule has 0 spiro atoms.